The van der Waals surface area contributed by atoms with Crippen molar-refractivity contribution in [1.82, 2.24) is 9.80 Å². The van der Waals surface area contributed by atoms with Gasteiger partial charge in [-0.05, 0) is 56.1 Å². The second kappa shape index (κ2) is 6.42. The number of hydrogen-bond donors (Lipinski definition) is 0. The molecule has 0 aromatic heterocycles. The van der Waals surface area contributed by atoms with Crippen molar-refractivity contribution in [2.24, 2.45) is 0 Å². The Labute approximate surface area is 156 Å². The molecule has 2 aliphatic rings. The Morgan fingerprint density at radius 2 is 1.76 bits per heavy atom. The summed E-state index contributed by atoms with van der Waals surface area (Å²) in [5.41, 5.74) is 4.52. The minimum absolute atomic E-state index is 0.210. The van der Waals surface area contributed by atoms with E-state index < -0.39 is 0 Å². The molecule has 2 aromatic carbocycles. The smallest absolute Gasteiger partial charge is 0.0409 e. The molecule has 1 aliphatic heterocycles. The number of nitrogens with zero attached hydrogens (tertiary/aromatic N) is 2. The maximum absolute atomic E-state index is 6.37. The van der Waals surface area contributed by atoms with E-state index in [9.17, 15) is 0 Å². The molecule has 132 valence electrons. The summed E-state index contributed by atoms with van der Waals surface area (Å²) >= 11 is 6.37. The molecule has 2 aromatic rings. The van der Waals surface area contributed by atoms with Crippen molar-refractivity contribution in [3.63, 3.8) is 0 Å². The molecule has 0 spiro atoms. The third kappa shape index (κ3) is 3.12. The topological polar surface area (TPSA) is 6.48 Å². The predicted molar refractivity (Wildman–Crippen MR) is 105 cm³/mol. The second-order valence-electron chi connectivity index (χ2n) is 8.19. The van der Waals surface area contributed by atoms with Gasteiger partial charge in [0.1, 0.15) is 0 Å². The summed E-state index contributed by atoms with van der Waals surface area (Å²) in [5, 5.41) is 0.853. The fourth-order valence-electron chi connectivity index (χ4n) is 4.52. The van der Waals surface area contributed by atoms with Gasteiger partial charge in [0.05, 0.1) is 0 Å². The average molecular weight is 355 g/mol. The molecule has 25 heavy (non-hydrogen) atoms. The second-order valence-corrected chi connectivity index (χ2v) is 8.63. The minimum atomic E-state index is 0.210. The lowest BCUT2D eigenvalue weighted by Gasteiger charge is -2.47. The maximum atomic E-state index is 6.37. The molecular formula is C22H27ClN2. The number of halogens is 1. The van der Waals surface area contributed by atoms with E-state index in [0.29, 0.717) is 12.0 Å². The summed E-state index contributed by atoms with van der Waals surface area (Å²) in [5.74, 6) is 0.473. The molecule has 1 heterocycles. The highest BCUT2D eigenvalue weighted by Gasteiger charge is 2.40. The summed E-state index contributed by atoms with van der Waals surface area (Å²) in [6, 6.07) is 17.9. The van der Waals surface area contributed by atoms with Crippen LogP contribution in [-0.2, 0) is 0 Å². The third-order valence-electron chi connectivity index (χ3n) is 6.23. The molecule has 0 bridgehead atoms. The van der Waals surface area contributed by atoms with E-state index in [1.54, 1.807) is 0 Å². The summed E-state index contributed by atoms with van der Waals surface area (Å²) in [6.07, 6.45) is 1.15. The van der Waals surface area contributed by atoms with Gasteiger partial charge in [-0.3, -0.25) is 9.80 Å². The molecule has 0 N–H and O–H groups in total. The molecular weight excluding hydrogens is 328 g/mol. The van der Waals surface area contributed by atoms with Gasteiger partial charge in [-0.1, -0.05) is 48.0 Å². The summed E-state index contributed by atoms with van der Waals surface area (Å²) in [6.45, 7) is 8.04. The Kier molecular flexibility index (Phi) is 4.39. The molecule has 0 unspecified atom stereocenters. The van der Waals surface area contributed by atoms with Crippen LogP contribution in [0, 0.1) is 0 Å². The highest BCUT2D eigenvalue weighted by molar-refractivity contribution is 6.30. The highest BCUT2D eigenvalue weighted by Crippen LogP contribution is 2.48. The average Bonchev–Trinajstić information content (AvgIpc) is 2.97. The van der Waals surface area contributed by atoms with E-state index >= 15 is 0 Å². The Bertz CT molecular complexity index is 756. The normalized spacial score (nSPS) is 26.6. The van der Waals surface area contributed by atoms with E-state index in [-0.39, 0.29) is 5.54 Å². The number of fused-ring (bicyclic) bond motifs is 1. The van der Waals surface area contributed by atoms with Gasteiger partial charge in [0.25, 0.3) is 0 Å². The van der Waals surface area contributed by atoms with Crippen LogP contribution in [0.25, 0.3) is 0 Å². The Morgan fingerprint density at radius 3 is 2.48 bits per heavy atom. The lowest BCUT2D eigenvalue weighted by molar-refractivity contribution is 0.0158. The van der Waals surface area contributed by atoms with Gasteiger partial charge in [0, 0.05) is 42.2 Å². The van der Waals surface area contributed by atoms with E-state index in [1.165, 1.54) is 16.7 Å². The van der Waals surface area contributed by atoms with Crippen molar-refractivity contribution in [2.45, 2.75) is 37.8 Å². The molecule has 1 fully saturated rings. The van der Waals surface area contributed by atoms with E-state index in [1.807, 2.05) is 6.07 Å². The van der Waals surface area contributed by atoms with Gasteiger partial charge in [0.15, 0.2) is 0 Å². The first-order valence-electron chi connectivity index (χ1n) is 9.25. The Morgan fingerprint density at radius 1 is 1.00 bits per heavy atom. The fraction of sp³-hybridized carbons (Fsp3) is 0.455. The minimum Gasteiger partial charge on any atom is -0.299 e. The van der Waals surface area contributed by atoms with Crippen LogP contribution >= 0.6 is 11.6 Å². The van der Waals surface area contributed by atoms with Gasteiger partial charge >= 0.3 is 0 Å². The Hall–Kier alpha value is -1.35. The van der Waals surface area contributed by atoms with Crippen LogP contribution in [0.15, 0.2) is 48.5 Å². The molecule has 0 radical (unpaired) electrons. The molecule has 4 rings (SSSR count). The van der Waals surface area contributed by atoms with Crippen LogP contribution in [0.4, 0.5) is 0 Å². The standard InChI is InChI=1S/C22H27ClN2/c1-22(2)15-25(12-11-24(22)3)21-14-19(16-7-5-4-6-8-16)18-10-9-17(23)13-20(18)21/h4-10,13,19,21H,11-12,14-15H2,1-3H3/t19-,21-/m1/s1. The van der Waals surface area contributed by atoms with Crippen LogP contribution in [0.5, 0.6) is 0 Å². The number of likely N-dealkylation sites (N-methyl/N-ethyl adjacent to an activating group) is 1. The van der Waals surface area contributed by atoms with E-state index in [0.717, 1.165) is 31.1 Å². The first-order valence-corrected chi connectivity index (χ1v) is 9.63. The van der Waals surface area contributed by atoms with Crippen LogP contribution in [0.1, 0.15) is 48.9 Å². The van der Waals surface area contributed by atoms with Gasteiger partial charge in [0.2, 0.25) is 0 Å². The Balaban J connectivity index is 1.70. The molecule has 2 nitrogen and oxygen atoms in total. The lowest BCUT2D eigenvalue weighted by Crippen LogP contribution is -2.58. The first-order chi connectivity index (χ1) is 12.0. The molecule has 3 heteroatoms. The van der Waals surface area contributed by atoms with Gasteiger partial charge in [-0.2, -0.15) is 0 Å². The fourth-order valence-corrected chi connectivity index (χ4v) is 4.70. The van der Waals surface area contributed by atoms with Crippen molar-refractivity contribution in [1.29, 1.82) is 0 Å². The van der Waals surface area contributed by atoms with E-state index in [2.05, 4.69) is 73.2 Å². The van der Waals surface area contributed by atoms with Crippen molar-refractivity contribution < 1.29 is 0 Å². The van der Waals surface area contributed by atoms with Crippen molar-refractivity contribution in [3.05, 3.63) is 70.2 Å². The van der Waals surface area contributed by atoms with E-state index in [4.69, 9.17) is 11.6 Å². The van der Waals surface area contributed by atoms with Gasteiger partial charge in [-0.25, -0.2) is 0 Å². The summed E-state index contributed by atoms with van der Waals surface area (Å²) in [7, 11) is 2.24. The van der Waals surface area contributed by atoms with Crippen molar-refractivity contribution in [2.75, 3.05) is 26.7 Å². The number of benzene rings is 2. The highest BCUT2D eigenvalue weighted by atomic mass is 35.5. The van der Waals surface area contributed by atoms with Crippen LogP contribution in [-0.4, -0.2) is 42.0 Å². The molecule has 0 saturated carbocycles. The molecule has 0 amide bonds. The molecule has 2 atom stereocenters. The number of piperazine rings is 1. The SMILES string of the molecule is CN1CCN([C@@H]2C[C@H](c3ccccc3)c3ccc(Cl)cc32)CC1(C)C. The van der Waals surface area contributed by atoms with Crippen LogP contribution in [0.2, 0.25) is 5.02 Å². The first kappa shape index (κ1) is 17.1. The largest absolute Gasteiger partial charge is 0.299 e. The third-order valence-corrected chi connectivity index (χ3v) is 6.47. The van der Waals surface area contributed by atoms with Gasteiger partial charge < -0.3 is 0 Å². The maximum Gasteiger partial charge on any atom is 0.0409 e. The molecule has 1 saturated heterocycles. The zero-order valence-electron chi connectivity index (χ0n) is 15.4. The van der Waals surface area contributed by atoms with Crippen molar-refractivity contribution >= 4 is 11.6 Å². The van der Waals surface area contributed by atoms with Crippen LogP contribution < -0.4 is 0 Å². The lowest BCUT2D eigenvalue weighted by atomic mass is 9.93. The van der Waals surface area contributed by atoms with Gasteiger partial charge in [-0.15, -0.1) is 0 Å². The number of rotatable bonds is 2. The quantitative estimate of drug-likeness (QED) is 0.753. The summed E-state index contributed by atoms with van der Waals surface area (Å²) < 4.78 is 0. The number of hydrogen-bond acceptors (Lipinski definition) is 2. The zero-order valence-corrected chi connectivity index (χ0v) is 16.1. The van der Waals surface area contributed by atoms with Crippen LogP contribution in [0.3, 0.4) is 0 Å². The zero-order chi connectivity index (χ0) is 17.6. The molecule has 1 aliphatic carbocycles. The monoisotopic (exact) mass is 354 g/mol. The van der Waals surface area contributed by atoms with Crippen molar-refractivity contribution in [3.8, 4) is 0 Å². The predicted octanol–water partition coefficient (Wildman–Crippen LogP) is 4.94. The summed E-state index contributed by atoms with van der Waals surface area (Å²) in [4.78, 5) is 5.16.